The van der Waals surface area contributed by atoms with Crippen molar-refractivity contribution in [2.45, 2.75) is 19.1 Å². The molecule has 1 aromatic heterocycles. The third-order valence-corrected chi connectivity index (χ3v) is 8.37. The fraction of sp³-hybridized carbons (Fsp3) is 0.556. The maximum Gasteiger partial charge on any atom is 0.209 e. The summed E-state index contributed by atoms with van der Waals surface area (Å²) in [5.74, 6) is 1.42. The average Bonchev–Trinajstić information content (AvgIpc) is 3.24. The molecule has 0 amide bonds. The van der Waals surface area contributed by atoms with Crippen molar-refractivity contribution in [2.24, 2.45) is 0 Å². The van der Waals surface area contributed by atoms with E-state index in [9.17, 15) is 8.42 Å². The summed E-state index contributed by atoms with van der Waals surface area (Å²) in [5.41, 5.74) is 0.903. The Kier molecular flexibility index (Phi) is 6.21. The van der Waals surface area contributed by atoms with Crippen LogP contribution in [0.1, 0.15) is 6.42 Å². The molecule has 0 spiro atoms. The zero-order valence-corrected chi connectivity index (χ0v) is 18.7. The van der Waals surface area contributed by atoms with Crippen LogP contribution in [0.15, 0.2) is 24.3 Å². The molecule has 158 valence electrons. The van der Waals surface area contributed by atoms with E-state index in [1.165, 1.54) is 11.3 Å². The molecule has 0 saturated carbocycles. The number of hydrogen-bond acceptors (Lipinski definition) is 9. The van der Waals surface area contributed by atoms with Gasteiger partial charge in [0, 0.05) is 44.0 Å². The van der Waals surface area contributed by atoms with Gasteiger partial charge in [0.15, 0.2) is 13.8 Å². The number of benzene rings is 1. The minimum absolute atomic E-state index is 0.183. The molecule has 0 aliphatic carbocycles. The van der Waals surface area contributed by atoms with Gasteiger partial charge in [0.1, 0.15) is 5.75 Å². The van der Waals surface area contributed by atoms with Gasteiger partial charge in [0.25, 0.3) is 0 Å². The van der Waals surface area contributed by atoms with Gasteiger partial charge in [0.05, 0.1) is 25.3 Å². The lowest BCUT2D eigenvalue weighted by Crippen LogP contribution is -2.50. The van der Waals surface area contributed by atoms with Crippen molar-refractivity contribution in [3.05, 3.63) is 28.2 Å². The van der Waals surface area contributed by atoms with E-state index in [1.807, 2.05) is 28.9 Å². The van der Waals surface area contributed by atoms with Crippen LogP contribution >= 0.6 is 23.6 Å². The molecule has 1 aromatic carbocycles. The van der Waals surface area contributed by atoms with Crippen LogP contribution in [-0.2, 0) is 16.5 Å². The van der Waals surface area contributed by atoms with Gasteiger partial charge in [0.2, 0.25) is 5.13 Å². The molecule has 2 saturated heterocycles. The summed E-state index contributed by atoms with van der Waals surface area (Å²) in [6.45, 7) is 4.17. The predicted octanol–water partition coefficient (Wildman–Crippen LogP) is 2.19. The van der Waals surface area contributed by atoms with Crippen LogP contribution in [0.5, 0.6) is 5.75 Å². The Balaban J connectivity index is 1.33. The summed E-state index contributed by atoms with van der Waals surface area (Å²) in [6, 6.07) is 7.87. The minimum atomic E-state index is -2.84. The third kappa shape index (κ3) is 5.15. The number of nitrogens with zero attached hydrogens (tertiary/aromatic N) is 4. The summed E-state index contributed by atoms with van der Waals surface area (Å²) >= 11 is 6.94. The molecule has 2 aliphatic rings. The van der Waals surface area contributed by atoms with Crippen molar-refractivity contribution >= 4 is 44.2 Å². The van der Waals surface area contributed by atoms with Crippen LogP contribution in [-0.4, -0.2) is 78.8 Å². The Labute approximate surface area is 180 Å². The molecular weight excluding hydrogens is 430 g/mol. The average molecular weight is 456 g/mol. The summed E-state index contributed by atoms with van der Waals surface area (Å²) in [4.78, 5) is 4.63. The largest absolute Gasteiger partial charge is 0.497 e. The molecular formula is C18H25N5O3S3. The number of hydrogen-bond donors (Lipinski definition) is 1. The monoisotopic (exact) mass is 455 g/mol. The Bertz CT molecular complexity index is 1010. The van der Waals surface area contributed by atoms with Crippen molar-refractivity contribution < 1.29 is 13.2 Å². The number of sulfone groups is 1. The first-order valence-corrected chi connectivity index (χ1v) is 12.6. The molecule has 2 aromatic rings. The van der Waals surface area contributed by atoms with Crippen LogP contribution in [0.25, 0.3) is 0 Å². The first kappa shape index (κ1) is 20.7. The van der Waals surface area contributed by atoms with Gasteiger partial charge in [-0.1, -0.05) is 17.4 Å². The van der Waals surface area contributed by atoms with E-state index in [4.69, 9.17) is 17.0 Å². The molecule has 29 heavy (non-hydrogen) atoms. The first-order chi connectivity index (χ1) is 13.9. The van der Waals surface area contributed by atoms with Gasteiger partial charge in [-0.05, 0) is 30.8 Å². The number of anilines is 2. The third-order valence-electron chi connectivity index (χ3n) is 5.39. The lowest BCUT2D eigenvalue weighted by molar-refractivity contribution is 0.0812. The summed E-state index contributed by atoms with van der Waals surface area (Å²) in [6.07, 6.45) is 0.763. The van der Waals surface area contributed by atoms with Gasteiger partial charge in [-0.25, -0.2) is 13.1 Å². The fourth-order valence-corrected chi connectivity index (χ4v) is 6.57. The molecule has 8 nitrogen and oxygen atoms in total. The van der Waals surface area contributed by atoms with E-state index in [2.05, 4.69) is 20.2 Å². The highest BCUT2D eigenvalue weighted by Crippen LogP contribution is 2.24. The lowest BCUT2D eigenvalue weighted by Gasteiger charge is -2.37. The van der Waals surface area contributed by atoms with Crippen molar-refractivity contribution in [2.75, 3.05) is 50.1 Å². The highest BCUT2D eigenvalue weighted by molar-refractivity contribution is 7.91. The number of piperazine rings is 1. The molecule has 0 radical (unpaired) electrons. The molecule has 2 fully saturated rings. The second kappa shape index (κ2) is 8.68. The van der Waals surface area contributed by atoms with Gasteiger partial charge in [-0.2, -0.15) is 0 Å². The molecule has 3 heterocycles. The van der Waals surface area contributed by atoms with Crippen LogP contribution in [0.4, 0.5) is 10.8 Å². The summed E-state index contributed by atoms with van der Waals surface area (Å²) in [5, 5.41) is 8.65. The Morgan fingerprint density at radius 3 is 2.79 bits per heavy atom. The van der Waals surface area contributed by atoms with Crippen molar-refractivity contribution in [1.82, 2.24) is 19.6 Å². The van der Waals surface area contributed by atoms with Crippen LogP contribution < -0.4 is 10.1 Å². The van der Waals surface area contributed by atoms with E-state index in [0.29, 0.717) is 18.2 Å². The quantitative estimate of drug-likeness (QED) is 0.664. The SMILES string of the molecule is COc1cccc(Nc2nn(CN3CCN(C4CCS(=O)(=O)C4)CC3)c(=S)s2)c1. The Morgan fingerprint density at radius 2 is 2.10 bits per heavy atom. The van der Waals surface area contributed by atoms with Gasteiger partial charge >= 0.3 is 0 Å². The number of methoxy groups -OCH3 is 1. The number of ether oxygens (including phenoxy) is 1. The Hall–Kier alpha value is -1.53. The zero-order chi connectivity index (χ0) is 20.4. The van der Waals surface area contributed by atoms with Gasteiger partial charge in [-0.3, -0.25) is 9.80 Å². The number of aromatic nitrogens is 2. The molecule has 1 unspecified atom stereocenters. The van der Waals surface area contributed by atoms with Crippen LogP contribution in [0, 0.1) is 3.95 Å². The van der Waals surface area contributed by atoms with Crippen LogP contribution in [0.3, 0.4) is 0 Å². The van der Waals surface area contributed by atoms with E-state index < -0.39 is 9.84 Å². The lowest BCUT2D eigenvalue weighted by atomic mass is 10.2. The van der Waals surface area contributed by atoms with E-state index >= 15 is 0 Å². The molecule has 0 bridgehead atoms. The first-order valence-electron chi connectivity index (χ1n) is 9.58. The van der Waals surface area contributed by atoms with Gasteiger partial charge < -0.3 is 10.1 Å². The van der Waals surface area contributed by atoms with Crippen LogP contribution in [0.2, 0.25) is 0 Å². The molecule has 11 heteroatoms. The number of nitrogens with one attached hydrogen (secondary N) is 1. The molecule has 2 aliphatic heterocycles. The second-order valence-corrected chi connectivity index (χ2v) is 11.2. The predicted molar refractivity (Wildman–Crippen MR) is 117 cm³/mol. The minimum Gasteiger partial charge on any atom is -0.497 e. The maximum absolute atomic E-state index is 11.7. The topological polar surface area (TPSA) is 79.7 Å². The van der Waals surface area contributed by atoms with Gasteiger partial charge in [-0.15, -0.1) is 5.10 Å². The fourth-order valence-electron chi connectivity index (χ4n) is 3.79. The highest BCUT2D eigenvalue weighted by atomic mass is 32.2. The van der Waals surface area contributed by atoms with Crippen molar-refractivity contribution in [1.29, 1.82) is 0 Å². The second-order valence-electron chi connectivity index (χ2n) is 7.38. The zero-order valence-electron chi connectivity index (χ0n) is 16.3. The normalized spacial score (nSPS) is 22.6. The standard InChI is InChI=1S/C18H25N5O3S3/c1-26-16-4-2-3-14(11-16)19-17-20-23(18(27)28-17)13-21-6-8-22(9-7-21)15-5-10-29(24,25)12-15/h2-4,11,15H,5-10,12-13H2,1H3,(H,19,20). The van der Waals surface area contributed by atoms with Crippen molar-refractivity contribution in [3.8, 4) is 5.75 Å². The summed E-state index contributed by atoms with van der Waals surface area (Å²) < 4.78 is 31.3. The van der Waals surface area contributed by atoms with E-state index in [-0.39, 0.29) is 6.04 Å². The summed E-state index contributed by atoms with van der Waals surface area (Å²) in [7, 11) is -1.19. The van der Waals surface area contributed by atoms with E-state index in [0.717, 1.165) is 53.1 Å². The molecule has 4 rings (SSSR count). The number of rotatable bonds is 6. The van der Waals surface area contributed by atoms with Crippen molar-refractivity contribution in [3.63, 3.8) is 0 Å². The van der Waals surface area contributed by atoms with E-state index in [1.54, 1.807) is 7.11 Å². The highest BCUT2D eigenvalue weighted by Gasteiger charge is 2.33. The molecule has 1 N–H and O–H groups in total. The smallest absolute Gasteiger partial charge is 0.209 e. The molecule has 1 atom stereocenters. The Morgan fingerprint density at radius 1 is 1.31 bits per heavy atom. The maximum atomic E-state index is 11.7.